The van der Waals surface area contributed by atoms with Crippen LogP contribution in [0.15, 0.2) is 23.3 Å². The molecule has 0 fully saturated rings. The molecule has 1 heterocycles. The van der Waals surface area contributed by atoms with Crippen molar-refractivity contribution in [1.82, 2.24) is 4.98 Å². The van der Waals surface area contributed by atoms with Gasteiger partial charge in [0.1, 0.15) is 6.26 Å². The zero-order chi connectivity index (χ0) is 13.2. The number of amides is 1. The van der Waals surface area contributed by atoms with Crippen molar-refractivity contribution in [2.24, 2.45) is 5.92 Å². The molecule has 94 valence electrons. The van der Waals surface area contributed by atoms with E-state index in [1.165, 1.54) is 6.26 Å². The Labute approximate surface area is 102 Å². The molecule has 0 radical (unpaired) electrons. The highest BCUT2D eigenvalue weighted by atomic mass is 16.4. The summed E-state index contributed by atoms with van der Waals surface area (Å²) in [5.41, 5.74) is 0.222. The van der Waals surface area contributed by atoms with Crippen molar-refractivity contribution in [3.05, 3.63) is 24.6 Å². The summed E-state index contributed by atoms with van der Waals surface area (Å²) >= 11 is 0. The summed E-state index contributed by atoms with van der Waals surface area (Å²) in [5, 5.41) is 0. The van der Waals surface area contributed by atoms with Gasteiger partial charge in [0.25, 0.3) is 0 Å². The molecule has 0 saturated heterocycles. The average molecular weight is 236 g/mol. The standard InChI is InChI=1S/C13H20N2O2/c1-7-13(5,6)15(11(16)9(2)3)12-14-10(4)8-17-12/h7-9H,1H2,2-6H3. The van der Waals surface area contributed by atoms with E-state index in [2.05, 4.69) is 11.6 Å². The maximum atomic E-state index is 12.2. The van der Waals surface area contributed by atoms with E-state index in [0.717, 1.165) is 5.69 Å². The predicted molar refractivity (Wildman–Crippen MR) is 67.8 cm³/mol. The summed E-state index contributed by atoms with van der Waals surface area (Å²) in [7, 11) is 0. The Morgan fingerprint density at radius 2 is 2.18 bits per heavy atom. The van der Waals surface area contributed by atoms with Crippen molar-refractivity contribution < 1.29 is 9.21 Å². The first kappa shape index (κ1) is 13.5. The van der Waals surface area contributed by atoms with Gasteiger partial charge in [-0.3, -0.25) is 9.69 Å². The molecule has 0 aromatic carbocycles. The van der Waals surface area contributed by atoms with Crippen LogP contribution in [0.4, 0.5) is 6.01 Å². The minimum atomic E-state index is -0.529. The van der Waals surface area contributed by atoms with E-state index in [1.807, 2.05) is 34.6 Å². The monoisotopic (exact) mass is 236 g/mol. The molecule has 0 N–H and O–H groups in total. The molecule has 0 atom stereocenters. The second-order valence-electron chi connectivity index (χ2n) is 4.96. The van der Waals surface area contributed by atoms with Crippen molar-refractivity contribution in [2.75, 3.05) is 4.90 Å². The molecule has 1 aromatic heterocycles. The van der Waals surface area contributed by atoms with E-state index in [0.29, 0.717) is 6.01 Å². The third-order valence-corrected chi connectivity index (χ3v) is 2.59. The molecule has 0 spiro atoms. The first-order chi connectivity index (χ1) is 7.79. The van der Waals surface area contributed by atoms with Gasteiger partial charge in [0.15, 0.2) is 0 Å². The predicted octanol–water partition coefficient (Wildman–Crippen LogP) is 2.94. The fourth-order valence-corrected chi connectivity index (χ4v) is 1.42. The second kappa shape index (κ2) is 4.73. The molecular formula is C13H20N2O2. The van der Waals surface area contributed by atoms with Crippen LogP contribution in [0, 0.1) is 12.8 Å². The average Bonchev–Trinajstić information content (AvgIpc) is 2.64. The van der Waals surface area contributed by atoms with E-state index in [-0.39, 0.29) is 11.8 Å². The van der Waals surface area contributed by atoms with Crippen LogP contribution in [0.2, 0.25) is 0 Å². The molecule has 0 bridgehead atoms. The van der Waals surface area contributed by atoms with Crippen LogP contribution in [0.3, 0.4) is 0 Å². The summed E-state index contributed by atoms with van der Waals surface area (Å²) in [5.74, 6) is -0.154. The van der Waals surface area contributed by atoms with E-state index < -0.39 is 5.54 Å². The lowest BCUT2D eigenvalue weighted by atomic mass is 10.0. The summed E-state index contributed by atoms with van der Waals surface area (Å²) in [4.78, 5) is 18.0. The number of oxazole rings is 1. The lowest BCUT2D eigenvalue weighted by Gasteiger charge is -2.34. The zero-order valence-corrected chi connectivity index (χ0v) is 11.2. The molecule has 0 saturated carbocycles. The van der Waals surface area contributed by atoms with Gasteiger partial charge in [-0.2, -0.15) is 4.98 Å². The van der Waals surface area contributed by atoms with E-state index in [4.69, 9.17) is 4.42 Å². The number of carbonyl (C=O) groups excluding carboxylic acids is 1. The van der Waals surface area contributed by atoms with Crippen LogP contribution in [0.25, 0.3) is 0 Å². The number of nitrogens with zero attached hydrogens (tertiary/aromatic N) is 2. The Bertz CT molecular complexity index is 419. The Morgan fingerprint density at radius 1 is 1.59 bits per heavy atom. The zero-order valence-electron chi connectivity index (χ0n) is 11.2. The van der Waals surface area contributed by atoms with Gasteiger partial charge >= 0.3 is 6.01 Å². The topological polar surface area (TPSA) is 46.3 Å². The van der Waals surface area contributed by atoms with E-state index >= 15 is 0 Å². The van der Waals surface area contributed by atoms with Crippen LogP contribution in [0.5, 0.6) is 0 Å². The van der Waals surface area contributed by atoms with Crippen LogP contribution in [-0.4, -0.2) is 16.4 Å². The van der Waals surface area contributed by atoms with Crippen molar-refractivity contribution in [3.63, 3.8) is 0 Å². The van der Waals surface area contributed by atoms with Crippen molar-refractivity contribution in [1.29, 1.82) is 0 Å². The third kappa shape index (κ3) is 2.75. The lowest BCUT2D eigenvalue weighted by Crippen LogP contribution is -2.48. The van der Waals surface area contributed by atoms with Gasteiger partial charge in [-0.25, -0.2) is 0 Å². The number of hydrogen-bond acceptors (Lipinski definition) is 3. The van der Waals surface area contributed by atoms with Gasteiger partial charge in [0, 0.05) is 5.92 Å². The minimum absolute atomic E-state index is 0.0308. The third-order valence-electron chi connectivity index (χ3n) is 2.59. The minimum Gasteiger partial charge on any atom is -0.431 e. The molecule has 1 aromatic rings. The largest absolute Gasteiger partial charge is 0.431 e. The van der Waals surface area contributed by atoms with Crippen LogP contribution in [-0.2, 0) is 4.79 Å². The number of aromatic nitrogens is 1. The Morgan fingerprint density at radius 3 is 2.53 bits per heavy atom. The van der Waals surface area contributed by atoms with Gasteiger partial charge in [-0.05, 0) is 20.8 Å². The molecule has 1 amide bonds. The number of anilines is 1. The van der Waals surface area contributed by atoms with Crippen molar-refractivity contribution in [2.45, 2.75) is 40.2 Å². The number of hydrogen-bond donors (Lipinski definition) is 0. The normalized spacial score (nSPS) is 11.6. The molecular weight excluding hydrogens is 216 g/mol. The highest BCUT2D eigenvalue weighted by Gasteiger charge is 2.34. The van der Waals surface area contributed by atoms with Gasteiger partial charge in [0.2, 0.25) is 5.91 Å². The Hall–Kier alpha value is -1.58. The van der Waals surface area contributed by atoms with Gasteiger partial charge in [-0.15, -0.1) is 6.58 Å². The second-order valence-corrected chi connectivity index (χ2v) is 4.96. The van der Waals surface area contributed by atoms with Crippen LogP contribution in [0.1, 0.15) is 33.4 Å². The van der Waals surface area contributed by atoms with E-state index in [9.17, 15) is 4.79 Å². The smallest absolute Gasteiger partial charge is 0.305 e. The molecule has 0 unspecified atom stereocenters. The quantitative estimate of drug-likeness (QED) is 0.755. The lowest BCUT2D eigenvalue weighted by molar-refractivity contribution is -0.122. The Kier molecular flexibility index (Phi) is 3.76. The summed E-state index contributed by atoms with van der Waals surface area (Å²) in [6.07, 6.45) is 3.25. The first-order valence-corrected chi connectivity index (χ1v) is 5.69. The number of carbonyl (C=O) groups is 1. The summed E-state index contributed by atoms with van der Waals surface area (Å²) in [6, 6.07) is 0.325. The highest BCUT2D eigenvalue weighted by Crippen LogP contribution is 2.26. The number of rotatable bonds is 4. The fourth-order valence-electron chi connectivity index (χ4n) is 1.42. The fraction of sp³-hybridized carbons (Fsp3) is 0.538. The molecule has 0 aliphatic rings. The van der Waals surface area contributed by atoms with Gasteiger partial charge in [0.05, 0.1) is 11.2 Å². The van der Waals surface area contributed by atoms with Gasteiger partial charge in [-0.1, -0.05) is 19.9 Å². The van der Waals surface area contributed by atoms with Crippen molar-refractivity contribution >= 4 is 11.9 Å². The summed E-state index contributed by atoms with van der Waals surface area (Å²) < 4.78 is 5.33. The number of aryl methyl sites for hydroxylation is 1. The summed E-state index contributed by atoms with van der Waals surface area (Å²) in [6.45, 7) is 13.1. The first-order valence-electron chi connectivity index (χ1n) is 5.69. The maximum Gasteiger partial charge on any atom is 0.305 e. The highest BCUT2D eigenvalue weighted by molar-refractivity contribution is 5.94. The molecule has 1 rings (SSSR count). The SMILES string of the molecule is C=CC(C)(C)N(C(=O)C(C)C)c1nc(C)co1. The molecule has 4 nitrogen and oxygen atoms in total. The molecule has 17 heavy (non-hydrogen) atoms. The molecule has 0 aliphatic carbocycles. The van der Waals surface area contributed by atoms with Crippen LogP contribution < -0.4 is 4.90 Å². The Balaban J connectivity index is 3.20. The van der Waals surface area contributed by atoms with Crippen LogP contribution >= 0.6 is 0 Å². The van der Waals surface area contributed by atoms with Gasteiger partial charge < -0.3 is 4.42 Å². The van der Waals surface area contributed by atoms with E-state index in [1.54, 1.807) is 11.0 Å². The molecule has 0 aliphatic heterocycles. The maximum absolute atomic E-state index is 12.2. The van der Waals surface area contributed by atoms with Crippen molar-refractivity contribution in [3.8, 4) is 0 Å². The molecule has 4 heteroatoms.